The fourth-order valence-corrected chi connectivity index (χ4v) is 2.30. The summed E-state index contributed by atoms with van der Waals surface area (Å²) in [7, 11) is 0. The second-order valence-electron chi connectivity index (χ2n) is 5.16. The van der Waals surface area contributed by atoms with Gasteiger partial charge in [-0.3, -0.25) is 4.79 Å². The molecular weight excluding hydrogens is 257 g/mol. The molecule has 0 spiro atoms. The molecule has 0 heterocycles. The fraction of sp³-hybridized carbons (Fsp3) is 0.562. The minimum absolute atomic E-state index is 0.128. The van der Waals surface area contributed by atoms with E-state index in [1.165, 1.54) is 6.07 Å². The number of amides is 1. The third-order valence-electron chi connectivity index (χ3n) is 3.56. The van der Waals surface area contributed by atoms with Gasteiger partial charge in [0.05, 0.1) is 5.92 Å². The molecule has 1 rings (SSSR count). The summed E-state index contributed by atoms with van der Waals surface area (Å²) >= 11 is 0. The number of carbonyl (C=O) groups excluding carboxylic acids is 1. The summed E-state index contributed by atoms with van der Waals surface area (Å²) in [6, 6.07) is 6.34. The monoisotopic (exact) mass is 281 g/mol. The molecule has 2 atom stereocenters. The Hall–Kier alpha value is -1.42. The van der Waals surface area contributed by atoms with Gasteiger partial charge in [-0.2, -0.15) is 0 Å². The van der Waals surface area contributed by atoms with Gasteiger partial charge in [0.1, 0.15) is 5.82 Å². The van der Waals surface area contributed by atoms with Crippen molar-refractivity contribution in [1.82, 2.24) is 5.32 Å². The Morgan fingerprint density at radius 3 is 2.65 bits per heavy atom. The Morgan fingerprint density at radius 1 is 1.35 bits per heavy atom. The molecule has 1 aromatic rings. The largest absolute Gasteiger partial charge is 0.396 e. The number of benzene rings is 1. The van der Waals surface area contributed by atoms with Crippen molar-refractivity contribution >= 4 is 5.91 Å². The SMILES string of the molecule is CCCC(CCO)CNC(=O)C(C)c1ccccc1F. The summed E-state index contributed by atoms with van der Waals surface area (Å²) < 4.78 is 13.6. The first kappa shape index (κ1) is 16.6. The average molecular weight is 281 g/mol. The highest BCUT2D eigenvalue weighted by molar-refractivity contribution is 5.83. The number of nitrogens with one attached hydrogen (secondary N) is 1. The van der Waals surface area contributed by atoms with Crippen LogP contribution < -0.4 is 5.32 Å². The van der Waals surface area contributed by atoms with Crippen LogP contribution in [0.4, 0.5) is 4.39 Å². The smallest absolute Gasteiger partial charge is 0.227 e. The molecule has 0 aromatic heterocycles. The van der Waals surface area contributed by atoms with E-state index in [-0.39, 0.29) is 24.2 Å². The van der Waals surface area contributed by atoms with Gasteiger partial charge in [-0.25, -0.2) is 4.39 Å². The predicted octanol–water partition coefficient (Wildman–Crippen LogP) is 2.84. The molecule has 3 nitrogen and oxygen atoms in total. The molecule has 2 N–H and O–H groups in total. The maximum Gasteiger partial charge on any atom is 0.227 e. The Kier molecular flexibility index (Phi) is 7.23. The zero-order valence-corrected chi connectivity index (χ0v) is 12.2. The van der Waals surface area contributed by atoms with Gasteiger partial charge in [-0.05, 0) is 37.3 Å². The molecule has 20 heavy (non-hydrogen) atoms. The Morgan fingerprint density at radius 2 is 2.05 bits per heavy atom. The van der Waals surface area contributed by atoms with Crippen LogP contribution in [0.5, 0.6) is 0 Å². The standard InChI is InChI=1S/C16H24FNO2/c1-3-6-13(9-10-19)11-18-16(20)12(2)14-7-4-5-8-15(14)17/h4-5,7-8,12-13,19H,3,6,9-11H2,1-2H3,(H,18,20). The van der Waals surface area contributed by atoms with E-state index < -0.39 is 5.92 Å². The van der Waals surface area contributed by atoms with Crippen LogP contribution in [-0.4, -0.2) is 24.2 Å². The van der Waals surface area contributed by atoms with Crippen LogP contribution in [0.1, 0.15) is 44.6 Å². The number of aliphatic hydroxyl groups excluding tert-OH is 1. The van der Waals surface area contributed by atoms with Crippen molar-refractivity contribution in [1.29, 1.82) is 0 Å². The van der Waals surface area contributed by atoms with Crippen molar-refractivity contribution in [3.05, 3.63) is 35.6 Å². The maximum absolute atomic E-state index is 13.6. The molecule has 4 heteroatoms. The van der Waals surface area contributed by atoms with Crippen molar-refractivity contribution in [3.8, 4) is 0 Å². The lowest BCUT2D eigenvalue weighted by Crippen LogP contribution is -2.33. The lowest BCUT2D eigenvalue weighted by Gasteiger charge is -2.18. The van der Waals surface area contributed by atoms with Crippen molar-refractivity contribution in [2.24, 2.45) is 5.92 Å². The molecule has 0 fully saturated rings. The van der Waals surface area contributed by atoms with Gasteiger partial charge < -0.3 is 10.4 Å². The summed E-state index contributed by atoms with van der Waals surface area (Å²) in [6.07, 6.45) is 2.67. The van der Waals surface area contributed by atoms with Gasteiger partial charge in [0.2, 0.25) is 5.91 Å². The van der Waals surface area contributed by atoms with E-state index >= 15 is 0 Å². The van der Waals surface area contributed by atoms with Crippen LogP contribution in [0.25, 0.3) is 0 Å². The van der Waals surface area contributed by atoms with Crippen LogP contribution in [0, 0.1) is 11.7 Å². The first-order chi connectivity index (χ1) is 9.60. The topological polar surface area (TPSA) is 49.3 Å². The third-order valence-corrected chi connectivity index (χ3v) is 3.56. The summed E-state index contributed by atoms with van der Waals surface area (Å²) in [4.78, 5) is 12.1. The minimum Gasteiger partial charge on any atom is -0.396 e. The number of halogens is 1. The number of rotatable bonds is 8. The lowest BCUT2D eigenvalue weighted by molar-refractivity contribution is -0.122. The lowest BCUT2D eigenvalue weighted by atomic mass is 9.97. The van der Waals surface area contributed by atoms with Crippen LogP contribution in [0.3, 0.4) is 0 Å². The van der Waals surface area contributed by atoms with E-state index in [4.69, 9.17) is 5.11 Å². The molecule has 1 amide bonds. The van der Waals surface area contributed by atoms with E-state index in [1.807, 2.05) is 0 Å². The molecule has 112 valence electrons. The average Bonchev–Trinajstić information content (AvgIpc) is 2.44. The van der Waals surface area contributed by atoms with Gasteiger partial charge in [-0.1, -0.05) is 31.5 Å². The van der Waals surface area contributed by atoms with E-state index in [2.05, 4.69) is 12.2 Å². The number of aliphatic hydroxyl groups is 1. The summed E-state index contributed by atoms with van der Waals surface area (Å²) in [5.74, 6) is -0.751. The Balaban J connectivity index is 2.55. The molecule has 0 bridgehead atoms. The highest BCUT2D eigenvalue weighted by atomic mass is 19.1. The fourth-order valence-electron chi connectivity index (χ4n) is 2.30. The summed E-state index contributed by atoms with van der Waals surface area (Å²) in [5.41, 5.74) is 0.416. The van der Waals surface area contributed by atoms with Crippen molar-refractivity contribution in [3.63, 3.8) is 0 Å². The Labute approximate surface area is 120 Å². The van der Waals surface area contributed by atoms with Crippen molar-refractivity contribution in [2.75, 3.05) is 13.2 Å². The zero-order valence-electron chi connectivity index (χ0n) is 12.2. The molecule has 0 saturated heterocycles. The maximum atomic E-state index is 13.6. The van der Waals surface area contributed by atoms with E-state index in [0.717, 1.165) is 12.8 Å². The normalized spacial score (nSPS) is 13.8. The van der Waals surface area contributed by atoms with Crippen LogP contribution >= 0.6 is 0 Å². The van der Waals surface area contributed by atoms with Gasteiger partial charge >= 0.3 is 0 Å². The number of hydrogen-bond donors (Lipinski definition) is 2. The van der Waals surface area contributed by atoms with Gasteiger partial charge in [0.15, 0.2) is 0 Å². The zero-order chi connectivity index (χ0) is 15.0. The van der Waals surface area contributed by atoms with Gasteiger partial charge in [-0.15, -0.1) is 0 Å². The van der Waals surface area contributed by atoms with E-state index in [9.17, 15) is 9.18 Å². The molecule has 0 saturated carbocycles. The number of hydrogen-bond acceptors (Lipinski definition) is 2. The van der Waals surface area contributed by atoms with Gasteiger partial charge in [0, 0.05) is 13.2 Å². The highest BCUT2D eigenvalue weighted by Gasteiger charge is 2.19. The molecule has 0 aliphatic rings. The molecule has 1 aromatic carbocycles. The van der Waals surface area contributed by atoms with Crippen LogP contribution in [0.2, 0.25) is 0 Å². The molecule has 0 aliphatic carbocycles. The van der Waals surface area contributed by atoms with E-state index in [1.54, 1.807) is 25.1 Å². The van der Waals surface area contributed by atoms with Crippen molar-refractivity contribution < 1.29 is 14.3 Å². The van der Waals surface area contributed by atoms with E-state index in [0.29, 0.717) is 18.5 Å². The molecule has 0 radical (unpaired) electrons. The van der Waals surface area contributed by atoms with Crippen LogP contribution in [-0.2, 0) is 4.79 Å². The van der Waals surface area contributed by atoms with Gasteiger partial charge in [0.25, 0.3) is 0 Å². The second kappa shape index (κ2) is 8.69. The highest BCUT2D eigenvalue weighted by Crippen LogP contribution is 2.19. The number of carbonyl (C=O) groups is 1. The molecular formula is C16H24FNO2. The predicted molar refractivity (Wildman–Crippen MR) is 77.9 cm³/mol. The summed E-state index contributed by atoms with van der Waals surface area (Å²) in [6.45, 7) is 4.44. The van der Waals surface area contributed by atoms with Crippen molar-refractivity contribution in [2.45, 2.75) is 39.0 Å². The minimum atomic E-state index is -0.507. The molecule has 0 aliphatic heterocycles. The van der Waals surface area contributed by atoms with Crippen LogP contribution in [0.15, 0.2) is 24.3 Å². The first-order valence-electron chi connectivity index (χ1n) is 7.23. The second-order valence-corrected chi connectivity index (χ2v) is 5.16. The molecule has 2 unspecified atom stereocenters. The third kappa shape index (κ3) is 4.93. The summed E-state index contributed by atoms with van der Waals surface area (Å²) in [5, 5.41) is 11.9. The Bertz CT molecular complexity index is 417. The first-order valence-corrected chi connectivity index (χ1v) is 7.23. The quantitative estimate of drug-likeness (QED) is 0.770.